The zero-order valence-electron chi connectivity index (χ0n) is 9.51. The van der Waals surface area contributed by atoms with Crippen LogP contribution in [0, 0.1) is 5.92 Å². The lowest BCUT2D eigenvalue weighted by Gasteiger charge is -2.66. The smallest absolute Gasteiger partial charge is 0.0230 e. The molecule has 0 aromatic rings. The quantitative estimate of drug-likeness (QED) is 0.633. The highest BCUT2D eigenvalue weighted by atomic mass is 15.3. The van der Waals surface area contributed by atoms with Crippen molar-refractivity contribution < 1.29 is 0 Å². The van der Waals surface area contributed by atoms with E-state index in [9.17, 15) is 0 Å². The summed E-state index contributed by atoms with van der Waals surface area (Å²) in [7, 11) is 0. The van der Waals surface area contributed by atoms with E-state index < -0.39 is 0 Å². The minimum Gasteiger partial charge on any atom is -0.292 e. The van der Waals surface area contributed by atoms with E-state index in [1.54, 1.807) is 0 Å². The van der Waals surface area contributed by atoms with Gasteiger partial charge in [-0.25, -0.2) is 0 Å². The van der Waals surface area contributed by atoms with Crippen molar-refractivity contribution in [3.8, 4) is 0 Å². The van der Waals surface area contributed by atoms with Crippen molar-refractivity contribution in [2.24, 2.45) is 5.92 Å². The summed E-state index contributed by atoms with van der Waals surface area (Å²) in [5.74, 6) is 0.841. The molecule has 13 heavy (non-hydrogen) atoms. The van der Waals surface area contributed by atoms with Gasteiger partial charge in [0.2, 0.25) is 0 Å². The zero-order valence-corrected chi connectivity index (χ0v) is 9.51. The van der Waals surface area contributed by atoms with Crippen molar-refractivity contribution in [2.75, 3.05) is 0 Å². The predicted molar refractivity (Wildman–Crippen MR) is 56.8 cm³/mol. The number of hydrogen-bond acceptors (Lipinski definition) is 1. The molecule has 1 heterocycles. The molecule has 1 atom stereocenters. The molecule has 0 aromatic heterocycles. The molecule has 76 valence electrons. The van der Waals surface area contributed by atoms with Gasteiger partial charge in [0.15, 0.2) is 0 Å². The predicted octanol–water partition coefficient (Wildman–Crippen LogP) is 3.05. The largest absolute Gasteiger partial charge is 0.292 e. The Labute approximate surface area is 82.5 Å². The van der Waals surface area contributed by atoms with Gasteiger partial charge in [0, 0.05) is 17.6 Å². The molecule has 1 aliphatic heterocycles. The van der Waals surface area contributed by atoms with Crippen molar-refractivity contribution in [1.82, 2.24) is 4.90 Å². The summed E-state index contributed by atoms with van der Waals surface area (Å²) >= 11 is 0. The third-order valence-corrected chi connectivity index (χ3v) is 4.10. The van der Waals surface area contributed by atoms with Gasteiger partial charge in [-0.1, -0.05) is 13.8 Å². The Morgan fingerprint density at radius 3 is 2.08 bits per heavy atom. The van der Waals surface area contributed by atoms with Gasteiger partial charge in [-0.3, -0.25) is 4.90 Å². The first kappa shape index (κ1) is 9.51. The van der Waals surface area contributed by atoms with E-state index in [0.29, 0.717) is 5.54 Å². The van der Waals surface area contributed by atoms with Crippen LogP contribution in [0.3, 0.4) is 0 Å². The molecule has 1 saturated carbocycles. The first-order valence-electron chi connectivity index (χ1n) is 5.85. The summed E-state index contributed by atoms with van der Waals surface area (Å²) in [6.45, 7) is 9.44. The Kier molecular flexibility index (Phi) is 2.18. The van der Waals surface area contributed by atoms with Gasteiger partial charge in [-0.2, -0.15) is 0 Å². The molecule has 1 heteroatoms. The van der Waals surface area contributed by atoms with Gasteiger partial charge >= 0.3 is 0 Å². The fourth-order valence-electron chi connectivity index (χ4n) is 3.37. The van der Waals surface area contributed by atoms with Crippen molar-refractivity contribution in [2.45, 2.75) is 71.0 Å². The third-order valence-electron chi connectivity index (χ3n) is 4.10. The molecule has 0 radical (unpaired) electrons. The van der Waals surface area contributed by atoms with Crippen LogP contribution in [0.4, 0.5) is 0 Å². The maximum absolute atomic E-state index is 2.79. The van der Waals surface area contributed by atoms with Crippen LogP contribution in [0.2, 0.25) is 0 Å². The lowest BCUT2D eigenvalue weighted by atomic mass is 9.61. The average Bonchev–Trinajstić information content (AvgIpc) is 1.77. The molecule has 1 nitrogen and oxygen atoms in total. The van der Waals surface area contributed by atoms with Crippen LogP contribution in [0.5, 0.6) is 0 Å². The molecule has 1 aliphatic carbocycles. The Balaban J connectivity index is 2.05. The van der Waals surface area contributed by atoms with Gasteiger partial charge in [0.1, 0.15) is 0 Å². The van der Waals surface area contributed by atoms with Gasteiger partial charge in [0.25, 0.3) is 0 Å². The number of hydrogen-bond donors (Lipinski definition) is 0. The Hall–Kier alpha value is -0.0400. The summed E-state index contributed by atoms with van der Waals surface area (Å²) in [4.78, 5) is 2.79. The van der Waals surface area contributed by atoms with E-state index in [-0.39, 0.29) is 0 Å². The lowest BCUT2D eigenvalue weighted by molar-refractivity contribution is -0.155. The average molecular weight is 181 g/mol. The summed E-state index contributed by atoms with van der Waals surface area (Å²) in [6.07, 6.45) is 5.87. The standard InChI is InChI=1S/C12H23N/c1-9(2)11-8-12(6-5-7-12)13(11)10(3)4/h9-11H,5-8H2,1-4H3. The van der Waals surface area contributed by atoms with Crippen LogP contribution in [-0.2, 0) is 0 Å². The SMILES string of the molecule is CC(C)C1CC2(CCC2)N1C(C)C. The Morgan fingerprint density at radius 2 is 1.77 bits per heavy atom. The first-order chi connectivity index (χ1) is 6.07. The van der Waals surface area contributed by atoms with E-state index in [1.165, 1.54) is 25.7 Å². The van der Waals surface area contributed by atoms with Crippen LogP contribution in [-0.4, -0.2) is 22.5 Å². The Morgan fingerprint density at radius 1 is 1.15 bits per heavy atom. The van der Waals surface area contributed by atoms with Crippen LogP contribution < -0.4 is 0 Å². The fraction of sp³-hybridized carbons (Fsp3) is 1.00. The van der Waals surface area contributed by atoms with E-state index in [1.807, 2.05) is 0 Å². The van der Waals surface area contributed by atoms with Crippen LogP contribution in [0.25, 0.3) is 0 Å². The monoisotopic (exact) mass is 181 g/mol. The highest BCUT2D eigenvalue weighted by Crippen LogP contribution is 2.53. The minimum absolute atomic E-state index is 0.670. The van der Waals surface area contributed by atoms with E-state index in [0.717, 1.165) is 18.0 Å². The molecule has 0 bridgehead atoms. The van der Waals surface area contributed by atoms with Gasteiger partial charge in [0.05, 0.1) is 0 Å². The van der Waals surface area contributed by atoms with Crippen molar-refractivity contribution in [3.05, 3.63) is 0 Å². The topological polar surface area (TPSA) is 3.24 Å². The lowest BCUT2D eigenvalue weighted by Crippen LogP contribution is -2.72. The molecular formula is C12H23N. The fourth-order valence-corrected chi connectivity index (χ4v) is 3.37. The van der Waals surface area contributed by atoms with Gasteiger partial charge < -0.3 is 0 Å². The number of rotatable bonds is 2. The van der Waals surface area contributed by atoms with E-state index >= 15 is 0 Å². The van der Waals surface area contributed by atoms with E-state index in [4.69, 9.17) is 0 Å². The van der Waals surface area contributed by atoms with Gasteiger partial charge in [-0.15, -0.1) is 0 Å². The molecule has 0 amide bonds. The van der Waals surface area contributed by atoms with Crippen LogP contribution in [0.1, 0.15) is 53.4 Å². The highest BCUT2D eigenvalue weighted by molar-refractivity contribution is 5.12. The minimum atomic E-state index is 0.670. The molecule has 2 aliphatic rings. The molecule has 2 fully saturated rings. The second-order valence-corrected chi connectivity index (χ2v) is 5.59. The molecule has 1 saturated heterocycles. The van der Waals surface area contributed by atoms with Crippen molar-refractivity contribution in [3.63, 3.8) is 0 Å². The second-order valence-electron chi connectivity index (χ2n) is 5.59. The molecule has 1 spiro atoms. The maximum atomic E-state index is 2.79. The van der Waals surface area contributed by atoms with E-state index in [2.05, 4.69) is 32.6 Å². The molecule has 1 unspecified atom stereocenters. The first-order valence-corrected chi connectivity index (χ1v) is 5.85. The van der Waals surface area contributed by atoms with Crippen LogP contribution in [0.15, 0.2) is 0 Å². The number of likely N-dealkylation sites (tertiary alicyclic amines) is 1. The van der Waals surface area contributed by atoms with Gasteiger partial charge in [-0.05, 0) is 45.4 Å². The second kappa shape index (κ2) is 2.98. The van der Waals surface area contributed by atoms with Crippen LogP contribution >= 0.6 is 0 Å². The number of nitrogens with zero attached hydrogens (tertiary/aromatic N) is 1. The van der Waals surface area contributed by atoms with Crippen molar-refractivity contribution >= 4 is 0 Å². The summed E-state index contributed by atoms with van der Waals surface area (Å²) in [6, 6.07) is 1.63. The zero-order chi connectivity index (χ0) is 9.64. The molecule has 2 rings (SSSR count). The Bertz CT molecular complexity index is 191. The maximum Gasteiger partial charge on any atom is 0.0230 e. The molecular weight excluding hydrogens is 158 g/mol. The molecule has 0 aromatic carbocycles. The molecule has 0 N–H and O–H groups in total. The summed E-state index contributed by atoms with van der Waals surface area (Å²) in [5, 5.41) is 0. The highest BCUT2D eigenvalue weighted by Gasteiger charge is 2.56. The van der Waals surface area contributed by atoms with Crippen molar-refractivity contribution in [1.29, 1.82) is 0 Å². The summed E-state index contributed by atoms with van der Waals surface area (Å²) < 4.78 is 0. The third kappa shape index (κ3) is 1.24. The summed E-state index contributed by atoms with van der Waals surface area (Å²) in [5.41, 5.74) is 0.670. The normalized spacial score (nSPS) is 32.3.